The summed E-state index contributed by atoms with van der Waals surface area (Å²) in [7, 11) is 1.19. The summed E-state index contributed by atoms with van der Waals surface area (Å²) in [6, 6.07) is 11.7. The molecule has 7 nitrogen and oxygen atoms in total. The van der Waals surface area contributed by atoms with Gasteiger partial charge in [-0.2, -0.15) is 5.26 Å². The van der Waals surface area contributed by atoms with Gasteiger partial charge in [0.25, 0.3) is 5.91 Å². The topological polar surface area (TPSA) is 104 Å². The zero-order chi connectivity index (χ0) is 16.7. The number of hydrogen-bond acceptors (Lipinski definition) is 6. The third kappa shape index (κ3) is 4.22. The summed E-state index contributed by atoms with van der Waals surface area (Å²) >= 11 is 0. The standard InChI is InChI=1S/C16H13N3O4/c1-22-16(21)11(9-17)10-18-12-4-2-5-13(8-12)19-15(20)14-6-3-7-23-14/h2-8,10,18H,1H3,(H,19,20)/b11-10-. The maximum atomic E-state index is 11.9. The van der Waals surface area contributed by atoms with Crippen molar-refractivity contribution in [2.45, 2.75) is 0 Å². The highest BCUT2D eigenvalue weighted by molar-refractivity contribution is 6.02. The van der Waals surface area contributed by atoms with Crippen LogP contribution in [0.2, 0.25) is 0 Å². The van der Waals surface area contributed by atoms with Gasteiger partial charge in [-0.1, -0.05) is 6.07 Å². The van der Waals surface area contributed by atoms with Gasteiger partial charge in [-0.25, -0.2) is 4.79 Å². The lowest BCUT2D eigenvalue weighted by atomic mass is 10.2. The lowest BCUT2D eigenvalue weighted by Crippen LogP contribution is -2.10. The highest BCUT2D eigenvalue weighted by Gasteiger charge is 2.10. The molecule has 0 aliphatic carbocycles. The Kier molecular flexibility index (Phi) is 5.15. The maximum absolute atomic E-state index is 11.9. The molecule has 0 saturated heterocycles. The van der Waals surface area contributed by atoms with Gasteiger partial charge >= 0.3 is 5.97 Å². The highest BCUT2D eigenvalue weighted by atomic mass is 16.5. The van der Waals surface area contributed by atoms with Gasteiger partial charge < -0.3 is 19.8 Å². The Bertz CT molecular complexity index is 773. The molecule has 0 atom stereocenters. The van der Waals surface area contributed by atoms with Crippen molar-refractivity contribution in [2.24, 2.45) is 0 Å². The SMILES string of the molecule is COC(=O)/C(C#N)=C\Nc1cccc(NC(=O)c2ccco2)c1. The summed E-state index contributed by atoms with van der Waals surface area (Å²) in [4.78, 5) is 23.2. The van der Waals surface area contributed by atoms with E-state index in [2.05, 4.69) is 15.4 Å². The zero-order valence-corrected chi connectivity index (χ0v) is 12.2. The van der Waals surface area contributed by atoms with E-state index in [9.17, 15) is 9.59 Å². The van der Waals surface area contributed by atoms with Crippen molar-refractivity contribution in [1.29, 1.82) is 5.26 Å². The summed E-state index contributed by atoms with van der Waals surface area (Å²) in [5.74, 6) is -0.919. The summed E-state index contributed by atoms with van der Waals surface area (Å²) in [5.41, 5.74) is 0.942. The summed E-state index contributed by atoms with van der Waals surface area (Å²) in [5, 5.41) is 14.3. The van der Waals surface area contributed by atoms with Gasteiger partial charge in [0, 0.05) is 17.6 Å². The van der Waals surface area contributed by atoms with E-state index in [-0.39, 0.29) is 17.2 Å². The minimum absolute atomic E-state index is 0.169. The zero-order valence-electron chi connectivity index (χ0n) is 12.2. The normalized spacial score (nSPS) is 10.5. The second-order valence-electron chi connectivity index (χ2n) is 4.32. The van der Waals surface area contributed by atoms with E-state index in [0.717, 1.165) is 0 Å². The van der Waals surface area contributed by atoms with Crippen LogP contribution in [-0.4, -0.2) is 19.0 Å². The molecule has 2 rings (SSSR count). The fraction of sp³-hybridized carbons (Fsp3) is 0.0625. The molecule has 116 valence electrons. The first-order valence-corrected chi connectivity index (χ1v) is 6.54. The number of methoxy groups -OCH3 is 1. The molecular weight excluding hydrogens is 298 g/mol. The average molecular weight is 311 g/mol. The summed E-state index contributed by atoms with van der Waals surface area (Å²) in [6.45, 7) is 0. The smallest absolute Gasteiger partial charge is 0.350 e. The molecule has 7 heteroatoms. The molecule has 0 radical (unpaired) electrons. The van der Waals surface area contributed by atoms with Gasteiger partial charge in [-0.15, -0.1) is 0 Å². The first-order chi connectivity index (χ1) is 11.1. The minimum Gasteiger partial charge on any atom is -0.465 e. The van der Waals surface area contributed by atoms with Gasteiger partial charge in [0.15, 0.2) is 11.3 Å². The lowest BCUT2D eigenvalue weighted by Gasteiger charge is -2.06. The van der Waals surface area contributed by atoms with Crippen LogP contribution in [0.15, 0.2) is 58.9 Å². The van der Waals surface area contributed by atoms with Gasteiger partial charge in [-0.3, -0.25) is 4.79 Å². The fourth-order valence-electron chi connectivity index (χ4n) is 1.69. The highest BCUT2D eigenvalue weighted by Crippen LogP contribution is 2.16. The third-order valence-corrected chi connectivity index (χ3v) is 2.77. The lowest BCUT2D eigenvalue weighted by molar-refractivity contribution is -0.135. The maximum Gasteiger partial charge on any atom is 0.350 e. The Morgan fingerprint density at radius 1 is 1.26 bits per heavy atom. The number of nitriles is 1. The van der Waals surface area contributed by atoms with Gasteiger partial charge in [-0.05, 0) is 30.3 Å². The predicted molar refractivity (Wildman–Crippen MR) is 82.4 cm³/mol. The predicted octanol–water partition coefficient (Wildman–Crippen LogP) is 2.52. The van der Waals surface area contributed by atoms with E-state index < -0.39 is 5.97 Å². The van der Waals surface area contributed by atoms with Crippen LogP contribution < -0.4 is 10.6 Å². The number of nitrogens with one attached hydrogen (secondary N) is 2. The van der Waals surface area contributed by atoms with Crippen molar-refractivity contribution >= 4 is 23.3 Å². The second-order valence-corrected chi connectivity index (χ2v) is 4.32. The van der Waals surface area contributed by atoms with E-state index in [0.29, 0.717) is 11.4 Å². The third-order valence-electron chi connectivity index (χ3n) is 2.77. The van der Waals surface area contributed by atoms with E-state index in [1.165, 1.54) is 19.6 Å². The molecule has 0 spiro atoms. The monoisotopic (exact) mass is 311 g/mol. The molecule has 0 fully saturated rings. The van der Waals surface area contributed by atoms with E-state index in [4.69, 9.17) is 9.68 Å². The van der Waals surface area contributed by atoms with Gasteiger partial charge in [0.1, 0.15) is 6.07 Å². The Morgan fingerprint density at radius 2 is 2.04 bits per heavy atom. The number of ether oxygens (including phenoxy) is 1. The summed E-state index contributed by atoms with van der Waals surface area (Å²) < 4.78 is 9.48. The Labute approximate surface area is 132 Å². The quantitative estimate of drug-likeness (QED) is 0.499. The molecule has 1 amide bonds. The molecule has 0 aliphatic heterocycles. The van der Waals surface area contributed by atoms with Crippen LogP contribution in [0, 0.1) is 11.3 Å². The molecule has 0 saturated carbocycles. The molecule has 2 aromatic rings. The van der Waals surface area contributed by atoms with Crippen LogP contribution in [0.4, 0.5) is 11.4 Å². The van der Waals surface area contributed by atoms with Crippen molar-refractivity contribution in [3.05, 3.63) is 60.2 Å². The Balaban J connectivity index is 2.08. The molecule has 1 aromatic heterocycles. The van der Waals surface area contributed by atoms with Crippen LogP contribution in [0.3, 0.4) is 0 Å². The number of furan rings is 1. The van der Waals surface area contributed by atoms with Crippen molar-refractivity contribution in [1.82, 2.24) is 0 Å². The molecule has 0 aliphatic rings. The molecule has 23 heavy (non-hydrogen) atoms. The van der Waals surface area contributed by atoms with Crippen molar-refractivity contribution < 1.29 is 18.7 Å². The van der Waals surface area contributed by atoms with Crippen LogP contribution in [0.5, 0.6) is 0 Å². The number of nitrogens with zero attached hydrogens (tertiary/aromatic N) is 1. The van der Waals surface area contributed by atoms with Crippen LogP contribution >= 0.6 is 0 Å². The minimum atomic E-state index is -0.734. The summed E-state index contributed by atoms with van der Waals surface area (Å²) in [6.07, 6.45) is 2.65. The van der Waals surface area contributed by atoms with Crippen molar-refractivity contribution in [2.75, 3.05) is 17.7 Å². The average Bonchev–Trinajstić information content (AvgIpc) is 3.10. The molecule has 2 N–H and O–H groups in total. The fourth-order valence-corrected chi connectivity index (χ4v) is 1.69. The van der Waals surface area contributed by atoms with E-state index >= 15 is 0 Å². The van der Waals surface area contributed by atoms with Crippen LogP contribution in [-0.2, 0) is 9.53 Å². The van der Waals surface area contributed by atoms with Crippen molar-refractivity contribution in [3.63, 3.8) is 0 Å². The number of anilines is 2. The molecule has 0 unspecified atom stereocenters. The Hall–Kier alpha value is -3.53. The first kappa shape index (κ1) is 15.9. The van der Waals surface area contributed by atoms with E-state index in [1.807, 2.05) is 0 Å². The molecule has 0 bridgehead atoms. The molecular formula is C16H13N3O4. The van der Waals surface area contributed by atoms with Gasteiger partial charge in [0.2, 0.25) is 0 Å². The number of carbonyl (C=O) groups is 2. The van der Waals surface area contributed by atoms with Crippen LogP contribution in [0.1, 0.15) is 10.6 Å². The number of rotatable bonds is 5. The van der Waals surface area contributed by atoms with Crippen LogP contribution in [0.25, 0.3) is 0 Å². The first-order valence-electron chi connectivity index (χ1n) is 6.54. The molecule has 1 aromatic carbocycles. The van der Waals surface area contributed by atoms with Crippen molar-refractivity contribution in [3.8, 4) is 6.07 Å². The number of esters is 1. The molecule has 1 heterocycles. The number of hydrogen-bond donors (Lipinski definition) is 2. The largest absolute Gasteiger partial charge is 0.465 e. The second kappa shape index (κ2) is 7.47. The number of benzene rings is 1. The van der Waals surface area contributed by atoms with E-state index in [1.54, 1.807) is 42.5 Å². The Morgan fingerprint density at radius 3 is 2.70 bits per heavy atom. The van der Waals surface area contributed by atoms with Gasteiger partial charge in [0.05, 0.1) is 13.4 Å². The number of amides is 1. The number of carbonyl (C=O) groups excluding carboxylic acids is 2.